The number of carboxylic acids is 1. The van der Waals surface area contributed by atoms with E-state index < -0.39 is 23.2 Å². The summed E-state index contributed by atoms with van der Waals surface area (Å²) in [6.07, 6.45) is 3.06. The number of carbonyl (C=O) groups excluding carboxylic acids is 2. The number of nitrogens with two attached hydrogens (primary N) is 1. The summed E-state index contributed by atoms with van der Waals surface area (Å²) in [7, 11) is 0. The first-order valence-electron chi connectivity index (χ1n) is 7.37. The van der Waals surface area contributed by atoms with E-state index in [1.807, 2.05) is 0 Å². The highest BCUT2D eigenvalue weighted by Crippen LogP contribution is 2.28. The van der Waals surface area contributed by atoms with Gasteiger partial charge < -0.3 is 20.4 Å². The number of hydrogen-bond acceptors (Lipinski definition) is 7. The van der Waals surface area contributed by atoms with Gasteiger partial charge in [0.15, 0.2) is 12.1 Å². The molecule has 1 amide bonds. The number of amides is 1. The molecule has 1 aromatic heterocycles. The highest BCUT2D eigenvalue weighted by atomic mass is 16.6. The number of aliphatic carboxylic acids is 1. The number of carbonyl (C=O) groups is 3. The Morgan fingerprint density at radius 3 is 2.46 bits per heavy atom. The maximum absolute atomic E-state index is 12.6. The second-order valence-corrected chi connectivity index (χ2v) is 6.12. The predicted molar refractivity (Wildman–Crippen MR) is 85.5 cm³/mol. The average molecular weight is 338 g/mol. The van der Waals surface area contributed by atoms with E-state index in [1.165, 1.54) is 18.6 Å². The summed E-state index contributed by atoms with van der Waals surface area (Å²) in [6, 6.07) is 0. The lowest BCUT2D eigenvalue weighted by molar-refractivity contribution is -0.145. The van der Waals surface area contributed by atoms with Crippen molar-refractivity contribution in [2.45, 2.75) is 44.8 Å². The van der Waals surface area contributed by atoms with Crippen LogP contribution in [-0.2, 0) is 14.3 Å². The van der Waals surface area contributed by atoms with E-state index >= 15 is 0 Å². The molecule has 0 aliphatic rings. The first-order chi connectivity index (χ1) is 11.2. The number of rotatable bonds is 7. The largest absolute Gasteiger partial charge is 0.479 e. The SMILES string of the molecule is CC(C)(C)OC(=O)N(c1cnccn1)[C@@](C=O)(CCCN)C(=O)O. The lowest BCUT2D eigenvalue weighted by Crippen LogP contribution is -2.60. The van der Waals surface area contributed by atoms with Crippen LogP contribution in [0.15, 0.2) is 18.6 Å². The Labute approximate surface area is 139 Å². The lowest BCUT2D eigenvalue weighted by Gasteiger charge is -2.36. The van der Waals surface area contributed by atoms with Crippen LogP contribution in [0.1, 0.15) is 33.6 Å². The maximum atomic E-state index is 12.6. The molecule has 1 rings (SSSR count). The van der Waals surface area contributed by atoms with Gasteiger partial charge in [-0.05, 0) is 40.2 Å². The topological polar surface area (TPSA) is 136 Å². The Balaban J connectivity index is 3.45. The average Bonchev–Trinajstić information content (AvgIpc) is 2.50. The zero-order valence-electron chi connectivity index (χ0n) is 13.9. The molecule has 0 unspecified atom stereocenters. The molecule has 132 valence electrons. The molecule has 0 bridgehead atoms. The van der Waals surface area contributed by atoms with Gasteiger partial charge in [0.05, 0.1) is 6.20 Å². The van der Waals surface area contributed by atoms with Gasteiger partial charge in [-0.25, -0.2) is 19.5 Å². The molecule has 0 aliphatic heterocycles. The van der Waals surface area contributed by atoms with E-state index in [9.17, 15) is 19.5 Å². The first kappa shape index (κ1) is 19.5. The van der Waals surface area contributed by atoms with Gasteiger partial charge in [-0.15, -0.1) is 0 Å². The number of aromatic nitrogens is 2. The molecule has 9 heteroatoms. The quantitative estimate of drug-likeness (QED) is 0.554. The van der Waals surface area contributed by atoms with Crippen LogP contribution in [0.4, 0.5) is 10.6 Å². The summed E-state index contributed by atoms with van der Waals surface area (Å²) in [5.41, 5.74) is 2.36. The summed E-state index contributed by atoms with van der Waals surface area (Å²) < 4.78 is 5.26. The first-order valence-corrected chi connectivity index (χ1v) is 7.37. The molecule has 1 heterocycles. The molecular formula is C15H22N4O5. The molecule has 9 nitrogen and oxygen atoms in total. The van der Waals surface area contributed by atoms with Crippen LogP contribution in [0.2, 0.25) is 0 Å². The molecule has 0 saturated heterocycles. The fraction of sp³-hybridized carbons (Fsp3) is 0.533. The molecule has 0 spiro atoms. The van der Waals surface area contributed by atoms with Crippen LogP contribution in [0.5, 0.6) is 0 Å². The third kappa shape index (κ3) is 4.48. The van der Waals surface area contributed by atoms with Crippen molar-refractivity contribution in [2.24, 2.45) is 5.73 Å². The molecule has 0 radical (unpaired) electrons. The van der Waals surface area contributed by atoms with E-state index in [-0.39, 0.29) is 31.5 Å². The smallest absolute Gasteiger partial charge is 0.417 e. The van der Waals surface area contributed by atoms with Crippen molar-refractivity contribution in [2.75, 3.05) is 11.4 Å². The van der Waals surface area contributed by atoms with Gasteiger partial charge in [-0.3, -0.25) is 4.98 Å². The molecule has 24 heavy (non-hydrogen) atoms. The molecule has 0 aliphatic carbocycles. The molecule has 0 saturated carbocycles. The normalized spacial score (nSPS) is 13.7. The third-order valence-corrected chi connectivity index (χ3v) is 3.08. The second-order valence-electron chi connectivity index (χ2n) is 6.12. The Kier molecular flexibility index (Phi) is 6.35. The highest BCUT2D eigenvalue weighted by molar-refractivity contribution is 6.08. The summed E-state index contributed by atoms with van der Waals surface area (Å²) in [4.78, 5) is 44.7. The van der Waals surface area contributed by atoms with Crippen molar-refractivity contribution in [3.63, 3.8) is 0 Å². The third-order valence-electron chi connectivity index (χ3n) is 3.08. The molecule has 0 aromatic carbocycles. The Morgan fingerprint density at radius 2 is 2.04 bits per heavy atom. The van der Waals surface area contributed by atoms with Crippen LogP contribution in [0, 0.1) is 0 Å². The maximum Gasteiger partial charge on any atom is 0.417 e. The molecule has 1 atom stereocenters. The standard InChI is InChI=1S/C15H22N4O5/c1-14(2,3)24-13(23)19(11-9-17-7-8-18-11)15(10-20,12(21)22)5-4-6-16/h7-10H,4-6,16H2,1-3H3,(H,21,22)/t15-/m1/s1. The van der Waals surface area contributed by atoms with E-state index in [0.29, 0.717) is 0 Å². The molecule has 3 N–H and O–H groups in total. The summed E-state index contributed by atoms with van der Waals surface area (Å²) in [5.74, 6) is -1.60. The number of hydrogen-bond donors (Lipinski definition) is 2. The van der Waals surface area contributed by atoms with E-state index in [1.54, 1.807) is 20.8 Å². The van der Waals surface area contributed by atoms with Crippen molar-refractivity contribution in [3.05, 3.63) is 18.6 Å². The Morgan fingerprint density at radius 1 is 1.38 bits per heavy atom. The second kappa shape index (κ2) is 7.82. The summed E-state index contributed by atoms with van der Waals surface area (Å²) in [5, 5.41) is 9.66. The van der Waals surface area contributed by atoms with Crippen molar-refractivity contribution >= 4 is 24.2 Å². The van der Waals surface area contributed by atoms with E-state index in [0.717, 1.165) is 4.90 Å². The van der Waals surface area contributed by atoms with Gasteiger partial charge in [-0.1, -0.05) is 0 Å². The van der Waals surface area contributed by atoms with Crippen LogP contribution < -0.4 is 10.6 Å². The van der Waals surface area contributed by atoms with Gasteiger partial charge in [-0.2, -0.15) is 0 Å². The number of anilines is 1. The fourth-order valence-corrected chi connectivity index (χ4v) is 2.02. The molecule has 1 aromatic rings. The van der Waals surface area contributed by atoms with E-state index in [4.69, 9.17) is 10.5 Å². The van der Waals surface area contributed by atoms with Crippen LogP contribution in [0.25, 0.3) is 0 Å². The lowest BCUT2D eigenvalue weighted by atomic mass is 9.93. The Hall–Kier alpha value is -2.55. The van der Waals surface area contributed by atoms with Gasteiger partial charge in [0.25, 0.3) is 0 Å². The van der Waals surface area contributed by atoms with Gasteiger partial charge in [0.2, 0.25) is 5.54 Å². The predicted octanol–water partition coefficient (Wildman–Crippen LogP) is 0.979. The highest BCUT2D eigenvalue weighted by Gasteiger charge is 2.49. The molecule has 0 fully saturated rings. The van der Waals surface area contributed by atoms with E-state index in [2.05, 4.69) is 9.97 Å². The van der Waals surface area contributed by atoms with Crippen molar-refractivity contribution in [1.29, 1.82) is 0 Å². The monoisotopic (exact) mass is 338 g/mol. The summed E-state index contributed by atoms with van der Waals surface area (Å²) in [6.45, 7) is 5.04. The zero-order chi connectivity index (χ0) is 18.4. The minimum Gasteiger partial charge on any atom is -0.479 e. The van der Waals surface area contributed by atoms with Crippen molar-refractivity contribution in [3.8, 4) is 0 Å². The minimum atomic E-state index is -2.18. The number of aldehydes is 1. The zero-order valence-corrected chi connectivity index (χ0v) is 13.9. The van der Waals surface area contributed by atoms with Crippen molar-refractivity contribution in [1.82, 2.24) is 9.97 Å². The van der Waals surface area contributed by atoms with Gasteiger partial charge >= 0.3 is 12.1 Å². The van der Waals surface area contributed by atoms with Gasteiger partial charge in [0, 0.05) is 12.4 Å². The number of ether oxygens (including phenoxy) is 1. The number of carboxylic acid groups (broad SMARTS) is 1. The Bertz CT molecular complexity index is 587. The molecular weight excluding hydrogens is 316 g/mol. The van der Waals surface area contributed by atoms with Crippen LogP contribution >= 0.6 is 0 Å². The number of nitrogens with zero attached hydrogens (tertiary/aromatic N) is 3. The van der Waals surface area contributed by atoms with Crippen molar-refractivity contribution < 1.29 is 24.2 Å². The van der Waals surface area contributed by atoms with Crippen LogP contribution in [0.3, 0.4) is 0 Å². The fourth-order valence-electron chi connectivity index (χ4n) is 2.02. The van der Waals surface area contributed by atoms with Gasteiger partial charge in [0.1, 0.15) is 5.60 Å². The van der Waals surface area contributed by atoms with Crippen LogP contribution in [-0.4, -0.2) is 51.1 Å². The minimum absolute atomic E-state index is 0.0988. The summed E-state index contributed by atoms with van der Waals surface area (Å²) >= 11 is 0.